The van der Waals surface area contributed by atoms with Crippen molar-refractivity contribution < 1.29 is 13.0 Å². The summed E-state index contributed by atoms with van der Waals surface area (Å²) in [6.45, 7) is 0. The van der Waals surface area contributed by atoms with Gasteiger partial charge in [0.15, 0.2) is 0 Å². The lowest BCUT2D eigenvalue weighted by molar-refractivity contribution is 0.434. The van der Waals surface area contributed by atoms with E-state index in [9.17, 15) is 8.42 Å². The lowest BCUT2D eigenvalue weighted by Crippen LogP contribution is -2.21. The minimum Gasteiger partial charge on any atom is -0.285 e. The van der Waals surface area contributed by atoms with Crippen LogP contribution in [0, 0.1) is 10.8 Å². The minimum absolute atomic E-state index is 0.0597. The Kier molecular flexibility index (Phi) is 2.79. The van der Waals surface area contributed by atoms with Gasteiger partial charge in [0.05, 0.1) is 6.04 Å². The molecule has 0 bridgehead atoms. The van der Waals surface area contributed by atoms with Crippen LogP contribution < -0.4 is 0 Å². The van der Waals surface area contributed by atoms with E-state index in [1.807, 2.05) is 0 Å². The highest BCUT2D eigenvalue weighted by molar-refractivity contribution is 7.88. The van der Waals surface area contributed by atoms with Crippen molar-refractivity contribution in [1.82, 2.24) is 0 Å². The van der Waals surface area contributed by atoms with Gasteiger partial charge in [-0.15, -0.1) is 0 Å². The summed E-state index contributed by atoms with van der Waals surface area (Å²) >= 11 is 0. The predicted molar refractivity (Wildman–Crippen MR) is 42.2 cm³/mol. The Morgan fingerprint density at radius 2 is 1.92 bits per heavy atom. The SMILES string of the molecule is N=NC1CC[C](S(=O)(=O)O)CC1. The first kappa shape index (κ1) is 9.60. The van der Waals surface area contributed by atoms with Gasteiger partial charge in [0.25, 0.3) is 10.1 Å². The molecule has 0 amide bonds. The molecule has 1 fully saturated rings. The lowest BCUT2D eigenvalue weighted by atomic mass is 9.96. The van der Waals surface area contributed by atoms with Crippen LogP contribution in [0.1, 0.15) is 25.7 Å². The van der Waals surface area contributed by atoms with Crippen molar-refractivity contribution >= 4 is 10.1 Å². The molecule has 69 valence electrons. The second-order valence-electron chi connectivity index (χ2n) is 2.87. The van der Waals surface area contributed by atoms with E-state index in [2.05, 4.69) is 5.11 Å². The summed E-state index contributed by atoms with van der Waals surface area (Å²) in [7, 11) is -3.94. The fraction of sp³-hybridized carbons (Fsp3) is 0.833. The van der Waals surface area contributed by atoms with Crippen molar-refractivity contribution in [3.8, 4) is 0 Å². The maximum absolute atomic E-state index is 10.6. The van der Waals surface area contributed by atoms with E-state index >= 15 is 0 Å². The number of nitrogens with one attached hydrogen (secondary N) is 1. The molecule has 2 N–H and O–H groups in total. The summed E-state index contributed by atoms with van der Waals surface area (Å²) in [4.78, 5) is 0. The molecule has 0 heterocycles. The van der Waals surface area contributed by atoms with E-state index in [1.165, 1.54) is 0 Å². The summed E-state index contributed by atoms with van der Waals surface area (Å²) in [5.74, 6) is 0. The molecule has 0 aromatic heterocycles. The molecule has 0 aromatic carbocycles. The zero-order chi connectivity index (χ0) is 9.19. The number of nitrogens with zero attached hydrogens (tertiary/aromatic N) is 1. The molecule has 1 saturated carbocycles. The Bertz CT molecular complexity index is 254. The molecule has 0 aliphatic heterocycles. The molecule has 5 nitrogen and oxygen atoms in total. The monoisotopic (exact) mass is 191 g/mol. The average Bonchev–Trinajstić information content (AvgIpc) is 2.03. The fourth-order valence-corrected chi connectivity index (χ4v) is 2.06. The van der Waals surface area contributed by atoms with Crippen molar-refractivity contribution in [2.24, 2.45) is 5.11 Å². The second-order valence-corrected chi connectivity index (χ2v) is 4.40. The van der Waals surface area contributed by atoms with Gasteiger partial charge < -0.3 is 0 Å². The summed E-state index contributed by atoms with van der Waals surface area (Å²) < 4.78 is 29.9. The molecular formula is C6H11N2O3S. The molecule has 6 heteroatoms. The normalized spacial score (nSPS) is 22.4. The van der Waals surface area contributed by atoms with Gasteiger partial charge in [0.2, 0.25) is 0 Å². The van der Waals surface area contributed by atoms with Crippen LogP contribution in [0.4, 0.5) is 0 Å². The molecule has 0 atom stereocenters. The van der Waals surface area contributed by atoms with Gasteiger partial charge in [0, 0.05) is 0 Å². The maximum Gasteiger partial charge on any atom is 0.272 e. The van der Waals surface area contributed by atoms with E-state index in [0.717, 1.165) is 0 Å². The number of hydrogen-bond donors (Lipinski definition) is 2. The Morgan fingerprint density at radius 1 is 1.42 bits per heavy atom. The minimum atomic E-state index is -3.94. The van der Waals surface area contributed by atoms with Crippen LogP contribution in [0.5, 0.6) is 0 Å². The third-order valence-electron chi connectivity index (χ3n) is 2.06. The molecule has 0 saturated heterocycles. The first-order chi connectivity index (χ1) is 5.54. The third-order valence-corrected chi connectivity index (χ3v) is 3.20. The largest absolute Gasteiger partial charge is 0.285 e. The molecule has 1 aliphatic rings. The van der Waals surface area contributed by atoms with Crippen LogP contribution in [0.25, 0.3) is 0 Å². The number of rotatable bonds is 2. The predicted octanol–water partition coefficient (Wildman–Crippen LogP) is 1.38. The molecule has 1 radical (unpaired) electrons. The Balaban J connectivity index is 2.52. The van der Waals surface area contributed by atoms with Gasteiger partial charge in [0.1, 0.15) is 5.25 Å². The van der Waals surface area contributed by atoms with Crippen LogP contribution >= 0.6 is 0 Å². The fourth-order valence-electron chi connectivity index (χ4n) is 1.31. The van der Waals surface area contributed by atoms with E-state index in [0.29, 0.717) is 25.7 Å². The molecule has 0 spiro atoms. The van der Waals surface area contributed by atoms with Crippen LogP contribution in [-0.2, 0) is 10.1 Å². The van der Waals surface area contributed by atoms with Crippen LogP contribution in [0.15, 0.2) is 5.11 Å². The lowest BCUT2D eigenvalue weighted by Gasteiger charge is -2.21. The van der Waals surface area contributed by atoms with Gasteiger partial charge in [-0.05, 0) is 25.7 Å². The average molecular weight is 191 g/mol. The van der Waals surface area contributed by atoms with E-state index in [-0.39, 0.29) is 11.3 Å². The van der Waals surface area contributed by atoms with Crippen molar-refractivity contribution in [2.75, 3.05) is 0 Å². The first-order valence-electron chi connectivity index (χ1n) is 3.73. The highest BCUT2D eigenvalue weighted by Crippen LogP contribution is 2.30. The van der Waals surface area contributed by atoms with Crippen molar-refractivity contribution in [3.05, 3.63) is 5.25 Å². The highest BCUT2D eigenvalue weighted by atomic mass is 32.2. The summed E-state index contributed by atoms with van der Waals surface area (Å²) in [6, 6.07) is -0.0597. The smallest absolute Gasteiger partial charge is 0.272 e. The molecule has 0 aromatic rings. The van der Waals surface area contributed by atoms with Crippen molar-refractivity contribution in [2.45, 2.75) is 31.7 Å². The molecular weight excluding hydrogens is 180 g/mol. The van der Waals surface area contributed by atoms with Crippen molar-refractivity contribution in [3.63, 3.8) is 0 Å². The molecule has 1 rings (SSSR count). The van der Waals surface area contributed by atoms with Gasteiger partial charge in [-0.3, -0.25) is 4.55 Å². The highest BCUT2D eigenvalue weighted by Gasteiger charge is 2.29. The van der Waals surface area contributed by atoms with Crippen LogP contribution in [-0.4, -0.2) is 19.0 Å². The van der Waals surface area contributed by atoms with Crippen LogP contribution in [0.2, 0.25) is 0 Å². The standard InChI is InChI=1S/C6H11N2O3S/c7-8-5-1-3-6(4-2-5)12(9,10)11/h5,7H,1-4H2,(H,9,10,11). The van der Waals surface area contributed by atoms with E-state index < -0.39 is 10.1 Å². The summed E-state index contributed by atoms with van der Waals surface area (Å²) in [5, 5.41) is 3.51. The molecule has 12 heavy (non-hydrogen) atoms. The topological polar surface area (TPSA) is 90.6 Å². The summed E-state index contributed by atoms with van der Waals surface area (Å²) in [6.07, 6.45) is 1.79. The summed E-state index contributed by atoms with van der Waals surface area (Å²) in [5.41, 5.74) is 6.72. The Hall–Kier alpha value is -0.490. The van der Waals surface area contributed by atoms with Crippen LogP contribution in [0.3, 0.4) is 0 Å². The number of hydrogen-bond acceptors (Lipinski definition) is 4. The third kappa shape index (κ3) is 2.25. The van der Waals surface area contributed by atoms with Gasteiger partial charge in [-0.25, -0.2) is 5.53 Å². The quantitative estimate of drug-likeness (QED) is 0.510. The first-order valence-corrected chi connectivity index (χ1v) is 5.17. The van der Waals surface area contributed by atoms with E-state index in [4.69, 9.17) is 10.1 Å². The second kappa shape index (κ2) is 3.49. The Labute approximate surface area is 71.4 Å². The van der Waals surface area contributed by atoms with Gasteiger partial charge in [-0.1, -0.05) is 0 Å². The zero-order valence-corrected chi connectivity index (χ0v) is 7.34. The molecule has 0 unspecified atom stereocenters. The molecule has 1 aliphatic carbocycles. The van der Waals surface area contributed by atoms with Crippen molar-refractivity contribution in [1.29, 1.82) is 5.53 Å². The maximum atomic E-state index is 10.6. The van der Waals surface area contributed by atoms with E-state index in [1.54, 1.807) is 0 Å². The van der Waals surface area contributed by atoms with Gasteiger partial charge in [-0.2, -0.15) is 13.5 Å². The zero-order valence-electron chi connectivity index (χ0n) is 6.52. The van der Waals surface area contributed by atoms with Gasteiger partial charge >= 0.3 is 0 Å². The Morgan fingerprint density at radius 3 is 2.25 bits per heavy atom.